The van der Waals surface area contributed by atoms with Crippen molar-refractivity contribution < 1.29 is 5.11 Å². The van der Waals surface area contributed by atoms with Gasteiger partial charge in [0, 0.05) is 6.42 Å². The third-order valence-electron chi connectivity index (χ3n) is 1.48. The van der Waals surface area contributed by atoms with Crippen molar-refractivity contribution in [3.8, 4) is 0 Å². The smallest absolute Gasteiger partial charge is 0.160 e. The molecule has 66 valence electrons. The van der Waals surface area contributed by atoms with E-state index >= 15 is 0 Å². The molecule has 0 fully saturated rings. The summed E-state index contributed by atoms with van der Waals surface area (Å²) in [5, 5.41) is 8.86. The maximum Gasteiger partial charge on any atom is 0.160 e. The van der Waals surface area contributed by atoms with Crippen LogP contribution in [0.15, 0.2) is 24.3 Å². The number of aliphatic hydroxyl groups is 1. The second kappa shape index (κ2) is 5.12. The average molecular weight is 203 g/mol. The van der Waals surface area contributed by atoms with Gasteiger partial charge in [0.15, 0.2) is 5.05 Å². The lowest BCUT2D eigenvalue weighted by molar-refractivity contribution is 0.556. The molecule has 0 saturated heterocycles. The van der Waals surface area contributed by atoms with Gasteiger partial charge in [0.25, 0.3) is 0 Å². The summed E-state index contributed by atoms with van der Waals surface area (Å²) in [5.74, 6) is 0. The molecular weight excluding hydrogens is 192 g/mol. The molecule has 0 unspecified atom stereocenters. The number of aryl methyl sites for hydroxylation is 1. The zero-order chi connectivity index (χ0) is 8.27. The van der Waals surface area contributed by atoms with Gasteiger partial charge in [-0.3, -0.25) is 0 Å². The molecule has 0 saturated carbocycles. The van der Waals surface area contributed by atoms with Crippen molar-refractivity contribution >= 4 is 29.7 Å². The third-order valence-corrected chi connectivity index (χ3v) is 1.62. The van der Waals surface area contributed by atoms with Crippen molar-refractivity contribution in [3.63, 3.8) is 0 Å². The van der Waals surface area contributed by atoms with Gasteiger partial charge in [-0.25, -0.2) is 0 Å². The van der Waals surface area contributed by atoms with Gasteiger partial charge >= 0.3 is 0 Å². The van der Waals surface area contributed by atoms with E-state index in [0.29, 0.717) is 6.42 Å². The van der Waals surface area contributed by atoms with Gasteiger partial charge in [0.1, 0.15) is 0 Å². The number of benzene rings is 1. The van der Waals surface area contributed by atoms with Crippen LogP contribution in [0.4, 0.5) is 0 Å². The van der Waals surface area contributed by atoms with E-state index in [1.807, 2.05) is 31.2 Å². The normalized spacial score (nSPS) is 8.75. The summed E-state index contributed by atoms with van der Waals surface area (Å²) in [4.78, 5) is 0. The summed E-state index contributed by atoms with van der Waals surface area (Å²) in [7, 11) is 0. The Bertz CT molecular complexity index is 256. The molecule has 1 aromatic rings. The van der Waals surface area contributed by atoms with Crippen LogP contribution in [0.5, 0.6) is 0 Å². The molecule has 1 N–H and O–H groups in total. The number of hydrogen-bond acceptors (Lipinski definition) is 1. The number of rotatable bonds is 2. The van der Waals surface area contributed by atoms with E-state index in [4.69, 9.17) is 5.11 Å². The van der Waals surface area contributed by atoms with Crippen LogP contribution >= 0.6 is 24.6 Å². The Kier molecular flexibility index (Phi) is 4.86. The van der Waals surface area contributed by atoms with E-state index in [-0.39, 0.29) is 17.5 Å². The van der Waals surface area contributed by atoms with E-state index in [1.165, 1.54) is 5.56 Å². The topological polar surface area (TPSA) is 20.2 Å². The fourth-order valence-electron chi connectivity index (χ4n) is 0.881. The maximum atomic E-state index is 8.81. The van der Waals surface area contributed by atoms with E-state index in [0.717, 1.165) is 5.56 Å². The molecule has 0 aliphatic rings. The van der Waals surface area contributed by atoms with Crippen LogP contribution in [0, 0.1) is 6.92 Å². The first-order valence-corrected chi connectivity index (χ1v) is 3.86. The highest BCUT2D eigenvalue weighted by Gasteiger charge is 1.94. The number of halogens is 1. The SMILES string of the molecule is Cc1ccc(CC(O)=S)cc1.Cl. The molecule has 1 aromatic carbocycles. The lowest BCUT2D eigenvalue weighted by Crippen LogP contribution is -1.96. The molecule has 1 rings (SSSR count). The summed E-state index contributed by atoms with van der Waals surface area (Å²) in [6, 6.07) is 7.96. The fraction of sp³-hybridized carbons (Fsp3) is 0.222. The van der Waals surface area contributed by atoms with Crippen molar-refractivity contribution in [2.75, 3.05) is 0 Å². The van der Waals surface area contributed by atoms with Crippen LogP contribution in [0.25, 0.3) is 0 Å². The Balaban J connectivity index is 0.00000121. The highest BCUT2D eigenvalue weighted by atomic mass is 35.5. The third kappa shape index (κ3) is 3.69. The molecule has 0 heterocycles. The molecule has 0 aliphatic carbocycles. The van der Waals surface area contributed by atoms with E-state index < -0.39 is 0 Å². The van der Waals surface area contributed by atoms with Gasteiger partial charge in [-0.05, 0) is 24.7 Å². The molecule has 0 radical (unpaired) electrons. The summed E-state index contributed by atoms with van der Waals surface area (Å²) in [5.41, 5.74) is 2.28. The van der Waals surface area contributed by atoms with Crippen LogP contribution in [0.2, 0.25) is 0 Å². The highest BCUT2D eigenvalue weighted by Crippen LogP contribution is 2.03. The average Bonchev–Trinajstić information content (AvgIpc) is 1.93. The van der Waals surface area contributed by atoms with Gasteiger partial charge in [0.2, 0.25) is 0 Å². The van der Waals surface area contributed by atoms with Crippen LogP contribution < -0.4 is 0 Å². The molecule has 1 nitrogen and oxygen atoms in total. The Morgan fingerprint density at radius 3 is 2.25 bits per heavy atom. The molecular formula is C9H11ClOS. The zero-order valence-corrected chi connectivity index (χ0v) is 8.41. The van der Waals surface area contributed by atoms with Crippen molar-refractivity contribution in [1.82, 2.24) is 0 Å². The van der Waals surface area contributed by atoms with Crippen LogP contribution in [0.3, 0.4) is 0 Å². The van der Waals surface area contributed by atoms with Crippen LogP contribution in [-0.4, -0.2) is 10.2 Å². The predicted octanol–water partition coefficient (Wildman–Crippen LogP) is 2.84. The standard InChI is InChI=1S/C9H10OS.ClH/c1-7-2-4-8(5-3-7)6-9(10)11;/h2-5H,6H2,1H3,(H,10,11);1H. The molecule has 0 bridgehead atoms. The van der Waals surface area contributed by atoms with Crippen molar-refractivity contribution in [1.29, 1.82) is 0 Å². The van der Waals surface area contributed by atoms with Crippen molar-refractivity contribution in [2.24, 2.45) is 0 Å². The molecule has 0 spiro atoms. The van der Waals surface area contributed by atoms with Gasteiger partial charge in [-0.2, -0.15) is 0 Å². The van der Waals surface area contributed by atoms with Gasteiger partial charge in [-0.15, -0.1) is 12.4 Å². The highest BCUT2D eigenvalue weighted by molar-refractivity contribution is 7.80. The molecule has 3 heteroatoms. The Labute approximate surface area is 83.8 Å². The summed E-state index contributed by atoms with van der Waals surface area (Å²) in [6.45, 7) is 2.03. The summed E-state index contributed by atoms with van der Waals surface area (Å²) >= 11 is 4.57. The Morgan fingerprint density at radius 1 is 1.33 bits per heavy atom. The van der Waals surface area contributed by atoms with Crippen molar-refractivity contribution in [2.45, 2.75) is 13.3 Å². The minimum atomic E-state index is 0. The molecule has 0 aromatic heterocycles. The Morgan fingerprint density at radius 2 is 1.83 bits per heavy atom. The Hall–Kier alpha value is -0.600. The first-order chi connectivity index (χ1) is 5.18. The van der Waals surface area contributed by atoms with Crippen LogP contribution in [0.1, 0.15) is 11.1 Å². The largest absolute Gasteiger partial charge is 0.502 e. The minimum absolute atomic E-state index is 0. The fourth-order valence-corrected chi connectivity index (χ4v) is 1.05. The van der Waals surface area contributed by atoms with Gasteiger partial charge in [0.05, 0.1) is 0 Å². The lowest BCUT2D eigenvalue weighted by Gasteiger charge is -1.97. The molecule has 0 aliphatic heterocycles. The minimum Gasteiger partial charge on any atom is -0.502 e. The monoisotopic (exact) mass is 202 g/mol. The number of hydrogen-bond donors (Lipinski definition) is 1. The van der Waals surface area contributed by atoms with Crippen LogP contribution in [-0.2, 0) is 6.42 Å². The number of thiocarbonyl (C=S) groups is 1. The second-order valence-electron chi connectivity index (χ2n) is 2.56. The zero-order valence-electron chi connectivity index (χ0n) is 6.78. The van der Waals surface area contributed by atoms with E-state index in [1.54, 1.807) is 0 Å². The lowest BCUT2D eigenvalue weighted by atomic mass is 10.1. The van der Waals surface area contributed by atoms with Gasteiger partial charge < -0.3 is 5.11 Å². The first kappa shape index (κ1) is 11.4. The second-order valence-corrected chi connectivity index (χ2v) is 3.03. The molecule has 12 heavy (non-hydrogen) atoms. The van der Waals surface area contributed by atoms with E-state index in [9.17, 15) is 0 Å². The summed E-state index contributed by atoms with van der Waals surface area (Å²) < 4.78 is 0. The molecule has 0 amide bonds. The maximum absolute atomic E-state index is 8.81. The van der Waals surface area contributed by atoms with Gasteiger partial charge in [-0.1, -0.05) is 29.8 Å². The predicted molar refractivity (Wildman–Crippen MR) is 57.4 cm³/mol. The number of aliphatic hydroxyl groups excluding tert-OH is 1. The summed E-state index contributed by atoms with van der Waals surface area (Å²) in [6.07, 6.45) is 0.482. The first-order valence-electron chi connectivity index (χ1n) is 3.46. The van der Waals surface area contributed by atoms with Crippen molar-refractivity contribution in [3.05, 3.63) is 35.4 Å². The molecule has 0 atom stereocenters. The quantitative estimate of drug-likeness (QED) is 0.745. The van der Waals surface area contributed by atoms with E-state index in [2.05, 4.69) is 12.2 Å².